The Labute approximate surface area is 99.6 Å². The molecule has 0 aliphatic carbocycles. The minimum absolute atomic E-state index is 0.292. The Morgan fingerprint density at radius 3 is 3.00 bits per heavy atom. The number of fused-ring (bicyclic) bond motifs is 1. The fourth-order valence-electron chi connectivity index (χ4n) is 1.83. The lowest BCUT2D eigenvalue weighted by Gasteiger charge is -2.03. The summed E-state index contributed by atoms with van der Waals surface area (Å²) in [6.45, 7) is 0.902. The molecule has 1 aromatic carbocycles. The van der Waals surface area contributed by atoms with Crippen LogP contribution >= 0.6 is 0 Å². The van der Waals surface area contributed by atoms with Crippen molar-refractivity contribution in [2.24, 2.45) is 10.9 Å². The van der Waals surface area contributed by atoms with Crippen LogP contribution in [0.3, 0.4) is 0 Å². The number of hydrogen-bond acceptors (Lipinski definition) is 3. The molecule has 3 N–H and O–H groups in total. The number of unbranched alkanes of at least 4 members (excludes halogenated alkanes) is 1. The number of aromatic nitrogens is 2. The molecule has 90 valence electrons. The van der Waals surface area contributed by atoms with E-state index in [2.05, 4.69) is 20.8 Å². The van der Waals surface area contributed by atoms with Crippen LogP contribution in [0.15, 0.2) is 35.7 Å². The molecule has 0 spiro atoms. The van der Waals surface area contributed by atoms with Gasteiger partial charge in [0.25, 0.3) is 0 Å². The Morgan fingerprint density at radius 2 is 2.18 bits per heavy atom. The van der Waals surface area contributed by atoms with Crippen LogP contribution in [0.25, 0.3) is 11.0 Å². The molecule has 5 heteroatoms. The van der Waals surface area contributed by atoms with E-state index in [1.54, 1.807) is 0 Å². The highest BCUT2D eigenvalue weighted by Crippen LogP contribution is 2.12. The van der Waals surface area contributed by atoms with Crippen molar-refractivity contribution in [3.63, 3.8) is 0 Å². The van der Waals surface area contributed by atoms with E-state index in [1.165, 1.54) is 0 Å². The Hall–Kier alpha value is -2.04. The minimum atomic E-state index is 0.292. The molecule has 0 saturated carbocycles. The van der Waals surface area contributed by atoms with Gasteiger partial charge in [-0.15, -0.1) is 0 Å². The number of rotatable bonds is 5. The van der Waals surface area contributed by atoms with E-state index in [9.17, 15) is 0 Å². The summed E-state index contributed by atoms with van der Waals surface area (Å²) in [5.74, 6) is 0.292. The summed E-state index contributed by atoms with van der Waals surface area (Å²) in [5.41, 5.74) is 7.57. The van der Waals surface area contributed by atoms with Gasteiger partial charge in [0.05, 0.1) is 17.4 Å². The third-order valence-electron chi connectivity index (χ3n) is 2.74. The molecule has 0 saturated heterocycles. The molecule has 0 amide bonds. The van der Waals surface area contributed by atoms with Gasteiger partial charge in [-0.1, -0.05) is 17.3 Å². The number of aryl methyl sites for hydroxylation is 1. The van der Waals surface area contributed by atoms with Gasteiger partial charge in [0, 0.05) is 13.0 Å². The second kappa shape index (κ2) is 5.34. The summed E-state index contributed by atoms with van der Waals surface area (Å²) in [6, 6.07) is 8.06. The number of benzene rings is 1. The van der Waals surface area contributed by atoms with Gasteiger partial charge in [-0.2, -0.15) is 0 Å². The molecule has 17 heavy (non-hydrogen) atoms. The summed E-state index contributed by atoms with van der Waals surface area (Å²) in [6.07, 6.45) is 4.37. The lowest BCUT2D eigenvalue weighted by molar-refractivity contribution is 0.316. The average molecular weight is 232 g/mol. The molecular weight excluding hydrogens is 216 g/mol. The number of imidazole rings is 1. The number of hydrogen-bond donors (Lipinski definition) is 2. The number of nitrogens with two attached hydrogens (primary N) is 1. The number of oxime groups is 1. The Balaban J connectivity index is 1.91. The van der Waals surface area contributed by atoms with Crippen molar-refractivity contribution in [3.05, 3.63) is 30.6 Å². The SMILES string of the molecule is N/C(CCCCn1cnc2ccccc21)=N/O. The van der Waals surface area contributed by atoms with Crippen molar-refractivity contribution in [2.45, 2.75) is 25.8 Å². The lowest BCUT2D eigenvalue weighted by atomic mass is 10.2. The van der Waals surface area contributed by atoms with Crippen LogP contribution in [-0.4, -0.2) is 20.6 Å². The first kappa shape index (κ1) is 11.4. The second-order valence-electron chi connectivity index (χ2n) is 3.98. The summed E-state index contributed by atoms with van der Waals surface area (Å²) in [7, 11) is 0. The quantitative estimate of drug-likeness (QED) is 0.272. The van der Waals surface area contributed by atoms with Gasteiger partial charge in [-0.05, 0) is 25.0 Å². The Kier molecular flexibility index (Phi) is 3.59. The molecule has 0 aliphatic heterocycles. The molecule has 0 aliphatic rings. The van der Waals surface area contributed by atoms with E-state index in [0.717, 1.165) is 30.4 Å². The van der Waals surface area contributed by atoms with Gasteiger partial charge < -0.3 is 15.5 Å². The van der Waals surface area contributed by atoms with Gasteiger partial charge in [0.2, 0.25) is 0 Å². The smallest absolute Gasteiger partial charge is 0.139 e. The monoisotopic (exact) mass is 232 g/mol. The Morgan fingerprint density at radius 1 is 1.35 bits per heavy atom. The summed E-state index contributed by atoms with van der Waals surface area (Å²) in [4.78, 5) is 4.32. The zero-order chi connectivity index (χ0) is 12.1. The standard InChI is InChI=1S/C12H16N4O/c13-12(15-17)7-3-4-8-16-9-14-10-5-1-2-6-11(10)16/h1-2,5-6,9,17H,3-4,7-8H2,(H2,13,15). The van der Waals surface area contributed by atoms with Crippen LogP contribution in [0.2, 0.25) is 0 Å². The van der Waals surface area contributed by atoms with Crippen molar-refractivity contribution in [2.75, 3.05) is 0 Å². The predicted molar refractivity (Wildman–Crippen MR) is 67.0 cm³/mol. The maximum absolute atomic E-state index is 8.41. The topological polar surface area (TPSA) is 76.4 Å². The molecule has 0 radical (unpaired) electrons. The zero-order valence-electron chi connectivity index (χ0n) is 9.58. The summed E-state index contributed by atoms with van der Waals surface area (Å²) in [5, 5.41) is 11.4. The molecule has 1 aromatic heterocycles. The number of amidine groups is 1. The number of para-hydroxylation sites is 2. The van der Waals surface area contributed by atoms with Crippen LogP contribution in [0.5, 0.6) is 0 Å². The van der Waals surface area contributed by atoms with Crippen molar-refractivity contribution in [3.8, 4) is 0 Å². The molecule has 0 atom stereocenters. The molecule has 2 rings (SSSR count). The van der Waals surface area contributed by atoms with Crippen LogP contribution in [0.1, 0.15) is 19.3 Å². The third-order valence-corrected chi connectivity index (χ3v) is 2.74. The van der Waals surface area contributed by atoms with Crippen molar-refractivity contribution in [1.82, 2.24) is 9.55 Å². The molecule has 0 unspecified atom stereocenters. The lowest BCUT2D eigenvalue weighted by Crippen LogP contribution is -2.11. The first-order chi connectivity index (χ1) is 8.31. The first-order valence-corrected chi connectivity index (χ1v) is 5.67. The highest BCUT2D eigenvalue weighted by atomic mass is 16.4. The van der Waals surface area contributed by atoms with Crippen molar-refractivity contribution in [1.29, 1.82) is 0 Å². The van der Waals surface area contributed by atoms with Crippen molar-refractivity contribution < 1.29 is 5.21 Å². The maximum Gasteiger partial charge on any atom is 0.139 e. The van der Waals surface area contributed by atoms with Gasteiger partial charge in [0.15, 0.2) is 0 Å². The first-order valence-electron chi connectivity index (χ1n) is 5.67. The molecule has 5 nitrogen and oxygen atoms in total. The van der Waals surface area contributed by atoms with Gasteiger partial charge in [-0.25, -0.2) is 4.98 Å². The van der Waals surface area contributed by atoms with Gasteiger partial charge >= 0.3 is 0 Å². The molecule has 2 aromatic rings. The predicted octanol–water partition coefficient (Wildman–Crippen LogP) is 1.95. The molecule has 0 bridgehead atoms. The molecular formula is C12H16N4O. The van der Waals surface area contributed by atoms with Gasteiger partial charge in [-0.3, -0.25) is 0 Å². The fourth-order valence-corrected chi connectivity index (χ4v) is 1.83. The molecule has 1 heterocycles. The molecule has 0 fully saturated rings. The average Bonchev–Trinajstić information content (AvgIpc) is 2.78. The van der Waals surface area contributed by atoms with E-state index in [-0.39, 0.29) is 0 Å². The van der Waals surface area contributed by atoms with Crippen LogP contribution in [0, 0.1) is 0 Å². The van der Waals surface area contributed by atoms with Crippen molar-refractivity contribution >= 4 is 16.9 Å². The van der Waals surface area contributed by atoms with E-state index >= 15 is 0 Å². The highest BCUT2D eigenvalue weighted by molar-refractivity contribution is 5.79. The van der Waals surface area contributed by atoms with Crippen LogP contribution < -0.4 is 5.73 Å². The largest absolute Gasteiger partial charge is 0.409 e. The minimum Gasteiger partial charge on any atom is -0.409 e. The van der Waals surface area contributed by atoms with E-state index in [4.69, 9.17) is 10.9 Å². The maximum atomic E-state index is 8.41. The van der Waals surface area contributed by atoms with E-state index in [0.29, 0.717) is 12.3 Å². The van der Waals surface area contributed by atoms with E-state index in [1.807, 2.05) is 24.5 Å². The van der Waals surface area contributed by atoms with E-state index < -0.39 is 0 Å². The van der Waals surface area contributed by atoms with Gasteiger partial charge in [0.1, 0.15) is 5.84 Å². The Bertz CT molecular complexity index is 518. The highest BCUT2D eigenvalue weighted by Gasteiger charge is 2.01. The normalized spacial score (nSPS) is 12.1. The van der Waals surface area contributed by atoms with Crippen LogP contribution in [-0.2, 0) is 6.54 Å². The number of nitrogens with zero attached hydrogens (tertiary/aromatic N) is 3. The van der Waals surface area contributed by atoms with Crippen LogP contribution in [0.4, 0.5) is 0 Å². The summed E-state index contributed by atoms with van der Waals surface area (Å²) >= 11 is 0. The second-order valence-corrected chi connectivity index (χ2v) is 3.98. The summed E-state index contributed by atoms with van der Waals surface area (Å²) < 4.78 is 2.13. The third kappa shape index (κ3) is 2.75. The fraction of sp³-hybridized carbons (Fsp3) is 0.333. The zero-order valence-corrected chi connectivity index (χ0v) is 9.58.